The van der Waals surface area contributed by atoms with Crippen LogP contribution < -0.4 is 5.32 Å². The van der Waals surface area contributed by atoms with Crippen LogP contribution in [0.5, 0.6) is 0 Å². The fraction of sp³-hybridized carbons (Fsp3) is 1.00. The Bertz CT molecular complexity index is 170. The lowest BCUT2D eigenvalue weighted by Crippen LogP contribution is -2.52. The van der Waals surface area contributed by atoms with Gasteiger partial charge in [-0.25, -0.2) is 0 Å². The number of rotatable bonds is 3. The quantitative estimate of drug-likeness (QED) is 0.732. The minimum atomic E-state index is 0.748. The summed E-state index contributed by atoms with van der Waals surface area (Å²) in [6, 6.07) is 1.52. The SMILES string of the molecule is CNC(C1CC1)C1CSCCN1C. The first kappa shape index (κ1) is 9.81. The Balaban J connectivity index is 1.94. The summed E-state index contributed by atoms with van der Waals surface area (Å²) in [6.45, 7) is 1.26. The van der Waals surface area contributed by atoms with Gasteiger partial charge < -0.3 is 10.2 Å². The van der Waals surface area contributed by atoms with Crippen molar-refractivity contribution in [2.45, 2.75) is 24.9 Å². The van der Waals surface area contributed by atoms with Gasteiger partial charge in [0.25, 0.3) is 0 Å². The van der Waals surface area contributed by atoms with E-state index < -0.39 is 0 Å². The van der Waals surface area contributed by atoms with Crippen LogP contribution in [-0.4, -0.2) is 49.1 Å². The van der Waals surface area contributed by atoms with E-state index in [1.807, 2.05) is 0 Å². The molecule has 1 saturated heterocycles. The second-order valence-corrected chi connectivity index (χ2v) is 5.42. The predicted molar refractivity (Wildman–Crippen MR) is 59.3 cm³/mol. The molecule has 1 aliphatic heterocycles. The molecule has 1 N–H and O–H groups in total. The third kappa shape index (κ3) is 2.20. The van der Waals surface area contributed by atoms with Crippen LogP contribution in [0.2, 0.25) is 0 Å². The largest absolute Gasteiger partial charge is 0.315 e. The molecule has 1 heterocycles. The minimum absolute atomic E-state index is 0.748. The Morgan fingerprint density at radius 3 is 2.77 bits per heavy atom. The van der Waals surface area contributed by atoms with E-state index in [0.29, 0.717) is 0 Å². The van der Waals surface area contributed by atoms with Crippen LogP contribution >= 0.6 is 11.8 Å². The van der Waals surface area contributed by atoms with Crippen molar-refractivity contribution in [3.8, 4) is 0 Å². The molecule has 2 fully saturated rings. The first-order valence-electron chi connectivity index (χ1n) is 5.28. The lowest BCUT2D eigenvalue weighted by atomic mass is 10.0. The molecule has 1 saturated carbocycles. The Hall–Kier alpha value is 0.270. The van der Waals surface area contributed by atoms with Crippen molar-refractivity contribution in [1.29, 1.82) is 0 Å². The number of hydrogen-bond donors (Lipinski definition) is 1. The standard InChI is InChI=1S/C10H20N2S/c1-11-10(8-3-4-8)9-7-13-6-5-12(9)2/h8-11H,3-7H2,1-2H3. The Morgan fingerprint density at radius 1 is 1.46 bits per heavy atom. The number of thioether (sulfide) groups is 1. The highest BCUT2D eigenvalue weighted by Crippen LogP contribution is 2.36. The van der Waals surface area contributed by atoms with E-state index >= 15 is 0 Å². The third-order valence-corrected chi connectivity index (χ3v) is 4.37. The second kappa shape index (κ2) is 4.20. The zero-order valence-corrected chi connectivity index (χ0v) is 9.44. The molecule has 0 aromatic rings. The molecular formula is C10H20N2S. The van der Waals surface area contributed by atoms with Crippen molar-refractivity contribution < 1.29 is 0 Å². The van der Waals surface area contributed by atoms with Crippen LogP contribution in [0.3, 0.4) is 0 Å². The van der Waals surface area contributed by atoms with E-state index in [1.165, 1.54) is 30.9 Å². The molecule has 0 amide bonds. The van der Waals surface area contributed by atoms with Crippen LogP contribution in [0.15, 0.2) is 0 Å². The molecule has 13 heavy (non-hydrogen) atoms. The van der Waals surface area contributed by atoms with Gasteiger partial charge in [-0.05, 0) is 32.9 Å². The van der Waals surface area contributed by atoms with E-state index in [2.05, 4.69) is 36.1 Å². The van der Waals surface area contributed by atoms with E-state index in [1.54, 1.807) is 0 Å². The first-order chi connectivity index (χ1) is 6.33. The third-order valence-electron chi connectivity index (χ3n) is 3.32. The van der Waals surface area contributed by atoms with Gasteiger partial charge in [-0.3, -0.25) is 0 Å². The van der Waals surface area contributed by atoms with Crippen molar-refractivity contribution in [1.82, 2.24) is 10.2 Å². The highest BCUT2D eigenvalue weighted by atomic mass is 32.2. The summed E-state index contributed by atoms with van der Waals surface area (Å²) in [5, 5.41) is 3.51. The van der Waals surface area contributed by atoms with E-state index in [9.17, 15) is 0 Å². The van der Waals surface area contributed by atoms with Crippen LogP contribution in [0.1, 0.15) is 12.8 Å². The van der Waals surface area contributed by atoms with Crippen molar-refractivity contribution in [3.63, 3.8) is 0 Å². The van der Waals surface area contributed by atoms with Gasteiger partial charge in [-0.2, -0.15) is 11.8 Å². The molecule has 76 valence electrons. The Labute approximate surface area is 85.4 Å². The van der Waals surface area contributed by atoms with E-state index in [0.717, 1.165) is 18.0 Å². The monoisotopic (exact) mass is 200 g/mol. The predicted octanol–water partition coefficient (Wildman–Crippen LogP) is 1.03. The van der Waals surface area contributed by atoms with Crippen LogP contribution in [0.25, 0.3) is 0 Å². The van der Waals surface area contributed by atoms with Crippen molar-refractivity contribution >= 4 is 11.8 Å². The zero-order valence-electron chi connectivity index (χ0n) is 8.62. The highest BCUT2D eigenvalue weighted by molar-refractivity contribution is 7.99. The smallest absolute Gasteiger partial charge is 0.0339 e. The number of nitrogens with one attached hydrogen (secondary N) is 1. The fourth-order valence-corrected chi connectivity index (χ4v) is 3.57. The molecule has 3 heteroatoms. The molecule has 2 nitrogen and oxygen atoms in total. The van der Waals surface area contributed by atoms with Gasteiger partial charge in [-0.15, -0.1) is 0 Å². The number of likely N-dealkylation sites (N-methyl/N-ethyl adjacent to an activating group) is 2. The summed E-state index contributed by atoms with van der Waals surface area (Å²) in [5.41, 5.74) is 0. The second-order valence-electron chi connectivity index (χ2n) is 4.27. The summed E-state index contributed by atoms with van der Waals surface area (Å²) in [6.07, 6.45) is 2.89. The van der Waals surface area contributed by atoms with E-state index in [-0.39, 0.29) is 0 Å². The normalized spacial score (nSPS) is 33.2. The topological polar surface area (TPSA) is 15.3 Å². The lowest BCUT2D eigenvalue weighted by Gasteiger charge is -2.37. The van der Waals surface area contributed by atoms with Crippen LogP contribution in [-0.2, 0) is 0 Å². The van der Waals surface area contributed by atoms with Gasteiger partial charge in [0.1, 0.15) is 0 Å². The minimum Gasteiger partial charge on any atom is -0.315 e. The molecule has 0 aromatic heterocycles. The Morgan fingerprint density at radius 2 is 2.23 bits per heavy atom. The summed E-state index contributed by atoms with van der Waals surface area (Å²) >= 11 is 2.11. The van der Waals surface area contributed by atoms with Crippen molar-refractivity contribution in [3.05, 3.63) is 0 Å². The Kier molecular flexibility index (Phi) is 3.17. The maximum Gasteiger partial charge on any atom is 0.0339 e. The molecular weight excluding hydrogens is 180 g/mol. The van der Waals surface area contributed by atoms with Gasteiger partial charge in [0, 0.05) is 30.1 Å². The van der Waals surface area contributed by atoms with Crippen molar-refractivity contribution in [2.24, 2.45) is 5.92 Å². The van der Waals surface area contributed by atoms with Crippen LogP contribution in [0, 0.1) is 5.92 Å². The molecule has 0 aromatic carbocycles. The molecule has 0 bridgehead atoms. The summed E-state index contributed by atoms with van der Waals surface area (Å²) in [4.78, 5) is 2.54. The number of nitrogens with zero attached hydrogens (tertiary/aromatic N) is 1. The molecule has 2 atom stereocenters. The van der Waals surface area contributed by atoms with Gasteiger partial charge in [0.15, 0.2) is 0 Å². The molecule has 0 spiro atoms. The summed E-state index contributed by atoms with van der Waals surface area (Å²) in [5.74, 6) is 3.60. The van der Waals surface area contributed by atoms with Gasteiger partial charge >= 0.3 is 0 Å². The maximum absolute atomic E-state index is 3.51. The van der Waals surface area contributed by atoms with E-state index in [4.69, 9.17) is 0 Å². The van der Waals surface area contributed by atoms with Crippen molar-refractivity contribution in [2.75, 3.05) is 32.1 Å². The van der Waals surface area contributed by atoms with Crippen LogP contribution in [0.4, 0.5) is 0 Å². The molecule has 0 radical (unpaired) electrons. The number of hydrogen-bond acceptors (Lipinski definition) is 3. The van der Waals surface area contributed by atoms with Gasteiger partial charge in [0.05, 0.1) is 0 Å². The molecule has 2 aliphatic rings. The zero-order chi connectivity index (χ0) is 9.26. The summed E-state index contributed by atoms with van der Waals surface area (Å²) in [7, 11) is 4.40. The van der Waals surface area contributed by atoms with Gasteiger partial charge in [0.2, 0.25) is 0 Å². The average molecular weight is 200 g/mol. The molecule has 2 unspecified atom stereocenters. The van der Waals surface area contributed by atoms with Gasteiger partial charge in [-0.1, -0.05) is 0 Å². The molecule has 2 rings (SSSR count). The first-order valence-corrected chi connectivity index (χ1v) is 6.43. The molecule has 1 aliphatic carbocycles. The lowest BCUT2D eigenvalue weighted by molar-refractivity contribution is 0.207. The highest BCUT2D eigenvalue weighted by Gasteiger charge is 2.37. The summed E-state index contributed by atoms with van der Waals surface area (Å²) < 4.78 is 0. The maximum atomic E-state index is 3.51. The average Bonchev–Trinajstić information content (AvgIpc) is 2.93. The fourth-order valence-electron chi connectivity index (χ4n) is 2.28.